The molecule has 21 heavy (non-hydrogen) atoms. The molecule has 2 rings (SSSR count). The zero-order chi connectivity index (χ0) is 15.1. The third-order valence-electron chi connectivity index (χ3n) is 4.59. The molecule has 1 N–H and O–H groups in total. The molecule has 3 heteroatoms. The molecular weight excluding hydrogens is 260 g/mol. The van der Waals surface area contributed by atoms with Crippen LogP contribution in [0.15, 0.2) is 18.3 Å². The van der Waals surface area contributed by atoms with Gasteiger partial charge in [-0.2, -0.15) is 0 Å². The summed E-state index contributed by atoms with van der Waals surface area (Å²) in [6.45, 7) is 7.58. The molecule has 0 bridgehead atoms. The van der Waals surface area contributed by atoms with Crippen molar-refractivity contribution < 1.29 is 4.74 Å². The summed E-state index contributed by atoms with van der Waals surface area (Å²) in [6, 6.07) is 4.53. The smallest absolute Gasteiger partial charge is 0.138 e. The summed E-state index contributed by atoms with van der Waals surface area (Å²) >= 11 is 0. The standard InChI is InChI=1S/C18H30N2O/c1-4-14-8-7-9-15(12-14)21-16-10-11-18(20-13-16)17(5-2)19-6-3/h10-11,13-15,17,19H,4-9,12H2,1-3H3. The van der Waals surface area contributed by atoms with Gasteiger partial charge in [-0.3, -0.25) is 4.98 Å². The molecule has 1 heterocycles. The first-order valence-electron chi connectivity index (χ1n) is 8.62. The average molecular weight is 290 g/mol. The van der Waals surface area contributed by atoms with Gasteiger partial charge >= 0.3 is 0 Å². The van der Waals surface area contributed by atoms with E-state index in [2.05, 4.69) is 43.2 Å². The van der Waals surface area contributed by atoms with Gasteiger partial charge in [-0.15, -0.1) is 0 Å². The van der Waals surface area contributed by atoms with Gasteiger partial charge in [-0.25, -0.2) is 0 Å². The van der Waals surface area contributed by atoms with E-state index in [9.17, 15) is 0 Å². The van der Waals surface area contributed by atoms with Crippen molar-refractivity contribution in [2.24, 2.45) is 5.92 Å². The molecule has 1 aliphatic carbocycles. The van der Waals surface area contributed by atoms with Gasteiger partial charge in [-0.05, 0) is 50.3 Å². The number of hydrogen-bond donors (Lipinski definition) is 1. The van der Waals surface area contributed by atoms with Crippen molar-refractivity contribution in [1.82, 2.24) is 10.3 Å². The molecule has 0 radical (unpaired) electrons. The van der Waals surface area contributed by atoms with E-state index in [-0.39, 0.29) is 0 Å². The second-order valence-electron chi connectivity index (χ2n) is 6.12. The van der Waals surface area contributed by atoms with Crippen LogP contribution in [-0.2, 0) is 0 Å². The molecule has 3 unspecified atom stereocenters. The largest absolute Gasteiger partial charge is 0.489 e. The number of nitrogens with zero attached hydrogens (tertiary/aromatic N) is 1. The number of hydrogen-bond acceptors (Lipinski definition) is 3. The summed E-state index contributed by atoms with van der Waals surface area (Å²) in [5.74, 6) is 1.76. The zero-order valence-corrected chi connectivity index (χ0v) is 13.8. The topological polar surface area (TPSA) is 34.1 Å². The summed E-state index contributed by atoms with van der Waals surface area (Å²) in [5, 5.41) is 3.46. The van der Waals surface area contributed by atoms with E-state index in [0.717, 1.165) is 30.3 Å². The van der Waals surface area contributed by atoms with Crippen LogP contribution in [0.2, 0.25) is 0 Å². The lowest BCUT2D eigenvalue weighted by Crippen LogP contribution is -2.25. The fourth-order valence-electron chi connectivity index (χ4n) is 3.28. The second kappa shape index (κ2) is 8.38. The monoisotopic (exact) mass is 290 g/mol. The lowest BCUT2D eigenvalue weighted by molar-refractivity contribution is 0.121. The Balaban J connectivity index is 1.92. The van der Waals surface area contributed by atoms with E-state index < -0.39 is 0 Å². The van der Waals surface area contributed by atoms with Crippen LogP contribution in [0.3, 0.4) is 0 Å². The molecule has 1 saturated carbocycles. The van der Waals surface area contributed by atoms with E-state index in [0.29, 0.717) is 12.1 Å². The molecule has 0 aliphatic heterocycles. The Morgan fingerprint density at radius 1 is 1.29 bits per heavy atom. The maximum absolute atomic E-state index is 6.13. The Hall–Kier alpha value is -1.09. The maximum atomic E-state index is 6.13. The summed E-state index contributed by atoms with van der Waals surface area (Å²) in [6.07, 6.45) is 9.67. The Morgan fingerprint density at radius 3 is 2.76 bits per heavy atom. The van der Waals surface area contributed by atoms with E-state index in [1.54, 1.807) is 0 Å². The van der Waals surface area contributed by atoms with Gasteiger partial charge in [0.2, 0.25) is 0 Å². The van der Waals surface area contributed by atoms with Gasteiger partial charge in [-0.1, -0.05) is 33.6 Å². The predicted octanol–water partition coefficient (Wildman–Crippen LogP) is 4.49. The molecule has 118 valence electrons. The van der Waals surface area contributed by atoms with E-state index in [1.165, 1.54) is 32.1 Å². The van der Waals surface area contributed by atoms with Gasteiger partial charge in [0, 0.05) is 6.04 Å². The van der Waals surface area contributed by atoms with Crippen LogP contribution in [0.5, 0.6) is 5.75 Å². The van der Waals surface area contributed by atoms with Gasteiger partial charge in [0.1, 0.15) is 5.75 Å². The lowest BCUT2D eigenvalue weighted by Gasteiger charge is -2.29. The highest BCUT2D eigenvalue weighted by Crippen LogP contribution is 2.29. The van der Waals surface area contributed by atoms with Crippen LogP contribution in [0.4, 0.5) is 0 Å². The number of pyridine rings is 1. The molecule has 0 saturated heterocycles. The van der Waals surface area contributed by atoms with Crippen LogP contribution >= 0.6 is 0 Å². The Kier molecular flexibility index (Phi) is 6.50. The summed E-state index contributed by atoms with van der Waals surface area (Å²) < 4.78 is 6.13. The Bertz CT molecular complexity index is 404. The molecule has 1 aliphatic rings. The minimum atomic E-state index is 0.350. The lowest BCUT2D eigenvalue weighted by atomic mass is 9.85. The van der Waals surface area contributed by atoms with Gasteiger partial charge in [0.15, 0.2) is 0 Å². The summed E-state index contributed by atoms with van der Waals surface area (Å²) in [4.78, 5) is 4.59. The minimum absolute atomic E-state index is 0.350. The molecule has 0 amide bonds. The predicted molar refractivity (Wildman–Crippen MR) is 87.6 cm³/mol. The van der Waals surface area contributed by atoms with Crippen LogP contribution in [-0.4, -0.2) is 17.6 Å². The molecule has 3 nitrogen and oxygen atoms in total. The highest BCUT2D eigenvalue weighted by Gasteiger charge is 2.22. The summed E-state index contributed by atoms with van der Waals surface area (Å²) in [7, 11) is 0. The molecule has 0 aromatic carbocycles. The second-order valence-corrected chi connectivity index (χ2v) is 6.12. The van der Waals surface area contributed by atoms with Crippen molar-refractivity contribution in [2.75, 3.05) is 6.54 Å². The molecule has 1 aromatic rings. The Labute approximate surface area is 129 Å². The normalized spacial score (nSPS) is 23.8. The first-order valence-corrected chi connectivity index (χ1v) is 8.62. The SMILES string of the molecule is CCNC(CC)c1ccc(OC2CCCC(CC)C2)cn1. The first kappa shape index (κ1) is 16.3. The molecule has 1 aromatic heterocycles. The van der Waals surface area contributed by atoms with Crippen molar-refractivity contribution in [3.05, 3.63) is 24.0 Å². The average Bonchev–Trinajstić information content (AvgIpc) is 2.54. The number of nitrogens with one attached hydrogen (secondary N) is 1. The minimum Gasteiger partial charge on any atom is -0.489 e. The third-order valence-corrected chi connectivity index (χ3v) is 4.59. The first-order chi connectivity index (χ1) is 10.3. The van der Waals surface area contributed by atoms with Crippen molar-refractivity contribution in [3.63, 3.8) is 0 Å². The molecule has 3 atom stereocenters. The molecule has 1 fully saturated rings. The van der Waals surface area contributed by atoms with Gasteiger partial charge < -0.3 is 10.1 Å². The van der Waals surface area contributed by atoms with Crippen LogP contribution in [0.1, 0.15) is 71.0 Å². The van der Waals surface area contributed by atoms with Crippen LogP contribution in [0.25, 0.3) is 0 Å². The van der Waals surface area contributed by atoms with Crippen molar-refractivity contribution in [1.29, 1.82) is 0 Å². The third kappa shape index (κ3) is 4.70. The van der Waals surface area contributed by atoms with Gasteiger partial charge in [0.25, 0.3) is 0 Å². The zero-order valence-electron chi connectivity index (χ0n) is 13.8. The van der Waals surface area contributed by atoms with E-state index >= 15 is 0 Å². The van der Waals surface area contributed by atoms with Crippen molar-refractivity contribution >= 4 is 0 Å². The maximum Gasteiger partial charge on any atom is 0.138 e. The number of aromatic nitrogens is 1. The highest BCUT2D eigenvalue weighted by molar-refractivity contribution is 5.22. The number of rotatable bonds is 7. The number of ether oxygens (including phenoxy) is 1. The van der Waals surface area contributed by atoms with E-state index in [1.807, 2.05) is 6.20 Å². The van der Waals surface area contributed by atoms with Gasteiger partial charge in [0.05, 0.1) is 18.0 Å². The molecule has 0 spiro atoms. The summed E-state index contributed by atoms with van der Waals surface area (Å²) in [5.41, 5.74) is 1.11. The highest BCUT2D eigenvalue weighted by atomic mass is 16.5. The van der Waals surface area contributed by atoms with Crippen molar-refractivity contribution in [2.45, 2.75) is 71.4 Å². The van der Waals surface area contributed by atoms with Crippen LogP contribution in [0, 0.1) is 5.92 Å². The Morgan fingerprint density at radius 2 is 2.14 bits per heavy atom. The fourth-order valence-corrected chi connectivity index (χ4v) is 3.28. The quantitative estimate of drug-likeness (QED) is 0.803. The fraction of sp³-hybridized carbons (Fsp3) is 0.722. The molecular formula is C18H30N2O. The van der Waals surface area contributed by atoms with E-state index in [4.69, 9.17) is 4.74 Å². The van der Waals surface area contributed by atoms with Crippen molar-refractivity contribution in [3.8, 4) is 5.75 Å². The van der Waals surface area contributed by atoms with Crippen LogP contribution < -0.4 is 10.1 Å².